The third-order valence-electron chi connectivity index (χ3n) is 4.83. The van der Waals surface area contributed by atoms with E-state index in [0.717, 1.165) is 30.2 Å². The number of hydrogen-bond donors (Lipinski definition) is 1. The Hall–Kier alpha value is -2.71. The van der Waals surface area contributed by atoms with Crippen molar-refractivity contribution >= 4 is 0 Å². The van der Waals surface area contributed by atoms with E-state index in [-0.39, 0.29) is 18.3 Å². The molecule has 3 aromatic rings. The zero-order valence-corrected chi connectivity index (χ0v) is 13.9. The lowest BCUT2D eigenvalue weighted by Gasteiger charge is -2.25. The highest BCUT2D eigenvalue weighted by molar-refractivity contribution is 5.28. The summed E-state index contributed by atoms with van der Waals surface area (Å²) < 4.78 is 43.1. The van der Waals surface area contributed by atoms with E-state index in [1.54, 1.807) is 0 Å². The molecule has 0 saturated heterocycles. The summed E-state index contributed by atoms with van der Waals surface area (Å²) in [7, 11) is 0. The Morgan fingerprint density at radius 2 is 2.12 bits per heavy atom. The minimum Gasteiger partial charge on any atom is -0.339 e. The third kappa shape index (κ3) is 3.09. The fourth-order valence-electron chi connectivity index (χ4n) is 3.39. The van der Waals surface area contributed by atoms with E-state index in [4.69, 9.17) is 4.52 Å². The first-order valence-electron chi connectivity index (χ1n) is 8.28. The van der Waals surface area contributed by atoms with Gasteiger partial charge < -0.3 is 4.52 Å². The predicted molar refractivity (Wildman–Crippen MR) is 84.4 cm³/mol. The molecule has 2 unspecified atom stereocenters. The maximum Gasteiger partial charge on any atom is 0.433 e. The molecule has 0 spiro atoms. The van der Waals surface area contributed by atoms with Crippen molar-refractivity contribution in [3.63, 3.8) is 0 Å². The van der Waals surface area contributed by atoms with Gasteiger partial charge in [-0.25, -0.2) is 0 Å². The second-order valence-electron chi connectivity index (χ2n) is 6.51. The summed E-state index contributed by atoms with van der Waals surface area (Å²) in [5, 5.41) is 11.1. The number of aryl methyl sites for hydroxylation is 1. The molecule has 2 atom stereocenters. The average molecular weight is 363 g/mol. The van der Waals surface area contributed by atoms with Crippen LogP contribution in [0.25, 0.3) is 0 Å². The molecule has 0 aliphatic heterocycles. The summed E-state index contributed by atoms with van der Waals surface area (Å²) in [5.41, 5.74) is 1.98. The lowest BCUT2D eigenvalue weighted by Crippen LogP contribution is -2.16. The zero-order valence-electron chi connectivity index (χ0n) is 13.9. The molecule has 1 N–H and O–H groups in total. The van der Waals surface area contributed by atoms with Gasteiger partial charge in [0.25, 0.3) is 0 Å². The summed E-state index contributed by atoms with van der Waals surface area (Å²) in [6.07, 6.45) is 0.593. The number of rotatable bonds is 3. The molecule has 3 heterocycles. The van der Waals surface area contributed by atoms with E-state index < -0.39 is 11.9 Å². The van der Waals surface area contributed by atoms with Crippen LogP contribution in [-0.4, -0.2) is 25.3 Å². The maximum atomic E-state index is 12.6. The van der Waals surface area contributed by atoms with Crippen LogP contribution < -0.4 is 0 Å². The zero-order chi connectivity index (χ0) is 18.3. The minimum absolute atomic E-state index is 0.104. The normalized spacial score (nSPS) is 20.2. The maximum absolute atomic E-state index is 12.6. The van der Waals surface area contributed by atoms with Crippen molar-refractivity contribution in [1.82, 2.24) is 25.3 Å². The molecular formula is C17H16F3N5O. The Balaban J connectivity index is 1.49. The third-order valence-corrected chi connectivity index (χ3v) is 4.83. The molecule has 136 valence electrons. The number of aromatic amines is 1. The highest BCUT2D eigenvalue weighted by Gasteiger charge is 2.33. The number of fused-ring (bicyclic) bond motifs is 1. The van der Waals surface area contributed by atoms with Crippen molar-refractivity contribution in [1.29, 1.82) is 0 Å². The monoisotopic (exact) mass is 363 g/mol. The molecule has 3 aromatic heterocycles. The molecule has 4 rings (SSSR count). The van der Waals surface area contributed by atoms with E-state index in [2.05, 4.69) is 32.2 Å². The summed E-state index contributed by atoms with van der Waals surface area (Å²) in [4.78, 5) is 7.90. The predicted octanol–water partition coefficient (Wildman–Crippen LogP) is 3.63. The van der Waals surface area contributed by atoms with Gasteiger partial charge in [-0.3, -0.25) is 10.1 Å². The molecule has 1 aliphatic rings. The molecule has 0 radical (unpaired) electrons. The van der Waals surface area contributed by atoms with Crippen molar-refractivity contribution in [2.75, 3.05) is 0 Å². The van der Waals surface area contributed by atoms with Gasteiger partial charge in [0.1, 0.15) is 5.69 Å². The van der Waals surface area contributed by atoms with E-state index in [9.17, 15) is 13.2 Å². The largest absolute Gasteiger partial charge is 0.433 e. The Bertz CT molecular complexity index is 900. The standard InChI is InChI=1S/C17H16F3N5O/c1-9-11(3-4-13-12(9)8-22-24-13)16-23-15(25-26-16)6-10-2-5-14(21-7-10)17(18,19)20/h2,5,7-9,11H,3-4,6H2,1H3,(H,22,24). The molecule has 26 heavy (non-hydrogen) atoms. The number of H-pyrrole nitrogens is 1. The topological polar surface area (TPSA) is 80.5 Å². The quantitative estimate of drug-likeness (QED) is 0.769. The summed E-state index contributed by atoms with van der Waals surface area (Å²) in [6, 6.07) is 2.34. The van der Waals surface area contributed by atoms with Gasteiger partial charge >= 0.3 is 6.18 Å². The van der Waals surface area contributed by atoms with Crippen molar-refractivity contribution in [2.45, 2.75) is 44.2 Å². The van der Waals surface area contributed by atoms with Gasteiger partial charge in [0, 0.05) is 24.2 Å². The molecule has 1 aliphatic carbocycles. The number of nitrogens with one attached hydrogen (secondary N) is 1. The van der Waals surface area contributed by atoms with Crippen LogP contribution in [-0.2, 0) is 19.0 Å². The molecule has 0 bridgehead atoms. The van der Waals surface area contributed by atoms with Gasteiger partial charge in [-0.2, -0.15) is 23.3 Å². The Morgan fingerprint density at radius 1 is 1.27 bits per heavy atom. The first-order valence-corrected chi connectivity index (χ1v) is 8.28. The second-order valence-corrected chi connectivity index (χ2v) is 6.51. The van der Waals surface area contributed by atoms with Crippen molar-refractivity contribution < 1.29 is 17.7 Å². The van der Waals surface area contributed by atoms with Gasteiger partial charge in [0.15, 0.2) is 5.82 Å². The van der Waals surface area contributed by atoms with Crippen LogP contribution >= 0.6 is 0 Å². The number of halogens is 3. The van der Waals surface area contributed by atoms with Crippen LogP contribution in [0.2, 0.25) is 0 Å². The van der Waals surface area contributed by atoms with Crippen LogP contribution in [0.1, 0.15) is 59.4 Å². The van der Waals surface area contributed by atoms with Crippen LogP contribution in [0, 0.1) is 0 Å². The fourth-order valence-corrected chi connectivity index (χ4v) is 3.39. The summed E-state index contributed by atoms with van der Waals surface area (Å²) >= 11 is 0. The number of aromatic nitrogens is 5. The van der Waals surface area contributed by atoms with Gasteiger partial charge in [-0.15, -0.1) is 0 Å². The van der Waals surface area contributed by atoms with Crippen LogP contribution in [0.4, 0.5) is 13.2 Å². The molecule has 6 nitrogen and oxygen atoms in total. The lowest BCUT2D eigenvalue weighted by molar-refractivity contribution is -0.141. The molecule has 0 fully saturated rings. The summed E-state index contributed by atoms with van der Waals surface area (Å²) in [5.74, 6) is 1.30. The Labute approximate surface area is 146 Å². The van der Waals surface area contributed by atoms with Crippen molar-refractivity contribution in [3.05, 3.63) is 58.8 Å². The molecule has 9 heteroatoms. The van der Waals surface area contributed by atoms with Crippen LogP contribution in [0.15, 0.2) is 29.0 Å². The van der Waals surface area contributed by atoms with Crippen LogP contribution in [0.3, 0.4) is 0 Å². The summed E-state index contributed by atoms with van der Waals surface area (Å²) in [6.45, 7) is 2.10. The molecule has 0 aromatic carbocycles. The number of pyridine rings is 1. The first-order chi connectivity index (χ1) is 12.4. The second kappa shape index (κ2) is 6.22. The minimum atomic E-state index is -4.44. The van der Waals surface area contributed by atoms with Gasteiger partial charge in [-0.05, 0) is 36.0 Å². The SMILES string of the molecule is CC1c2cn[nH]c2CCC1c1nc(Cc2ccc(C(F)(F)F)nc2)no1. The highest BCUT2D eigenvalue weighted by Crippen LogP contribution is 2.40. The Kier molecular flexibility index (Phi) is 4.01. The van der Waals surface area contributed by atoms with Crippen LogP contribution in [0.5, 0.6) is 0 Å². The highest BCUT2D eigenvalue weighted by atomic mass is 19.4. The Morgan fingerprint density at radius 3 is 2.85 bits per heavy atom. The number of hydrogen-bond acceptors (Lipinski definition) is 5. The van der Waals surface area contributed by atoms with E-state index in [1.165, 1.54) is 12.3 Å². The van der Waals surface area contributed by atoms with E-state index >= 15 is 0 Å². The first kappa shape index (κ1) is 16.7. The molecule has 0 saturated carbocycles. The van der Waals surface area contributed by atoms with E-state index in [0.29, 0.717) is 17.3 Å². The van der Waals surface area contributed by atoms with E-state index in [1.807, 2.05) is 6.20 Å². The average Bonchev–Trinajstić information content (AvgIpc) is 3.24. The molecule has 0 amide bonds. The number of alkyl halides is 3. The number of nitrogens with zero attached hydrogens (tertiary/aromatic N) is 4. The van der Waals surface area contributed by atoms with Crippen molar-refractivity contribution in [2.24, 2.45) is 0 Å². The van der Waals surface area contributed by atoms with Gasteiger partial charge in [0.2, 0.25) is 5.89 Å². The van der Waals surface area contributed by atoms with Gasteiger partial charge in [-0.1, -0.05) is 18.1 Å². The van der Waals surface area contributed by atoms with Crippen molar-refractivity contribution in [3.8, 4) is 0 Å². The molecular weight excluding hydrogens is 347 g/mol. The smallest absolute Gasteiger partial charge is 0.339 e. The fraction of sp³-hybridized carbons (Fsp3) is 0.412. The van der Waals surface area contributed by atoms with Gasteiger partial charge in [0.05, 0.1) is 6.20 Å². The lowest BCUT2D eigenvalue weighted by atomic mass is 9.79.